The Hall–Kier alpha value is -2.08. The van der Waals surface area contributed by atoms with E-state index in [9.17, 15) is 4.79 Å². The monoisotopic (exact) mass is 373 g/mol. The van der Waals surface area contributed by atoms with Gasteiger partial charge in [0.2, 0.25) is 0 Å². The fourth-order valence-electron chi connectivity index (χ4n) is 3.26. The number of rotatable bonds is 6. The minimum Gasteiger partial charge on any atom is -0.494 e. The standard InChI is InChI=1S/C20H27N3O2S/c1-3-10-25-18-7-6-16(15(2)12-18)13-22-20(24)23-9-4-5-17(14-23)19-21-8-11-26-19/h6-8,11-12,17H,3-5,9-10,13-14H2,1-2H3,(H,22,24). The van der Waals surface area contributed by atoms with Crippen LogP contribution >= 0.6 is 11.3 Å². The second-order valence-corrected chi connectivity index (χ2v) is 7.68. The van der Waals surface area contributed by atoms with E-state index in [4.69, 9.17) is 4.74 Å². The lowest BCUT2D eigenvalue weighted by atomic mass is 9.99. The number of carbonyl (C=O) groups excluding carboxylic acids is 1. The van der Waals surface area contributed by atoms with Gasteiger partial charge in [0.1, 0.15) is 5.75 Å². The highest BCUT2D eigenvalue weighted by atomic mass is 32.1. The van der Waals surface area contributed by atoms with Gasteiger partial charge >= 0.3 is 6.03 Å². The Morgan fingerprint density at radius 3 is 3.08 bits per heavy atom. The van der Waals surface area contributed by atoms with E-state index in [1.54, 1.807) is 11.3 Å². The highest BCUT2D eigenvalue weighted by Crippen LogP contribution is 2.28. The van der Waals surface area contributed by atoms with Gasteiger partial charge in [0.25, 0.3) is 0 Å². The van der Waals surface area contributed by atoms with Crippen LogP contribution < -0.4 is 10.1 Å². The lowest BCUT2D eigenvalue weighted by molar-refractivity contribution is 0.179. The Morgan fingerprint density at radius 1 is 1.46 bits per heavy atom. The van der Waals surface area contributed by atoms with E-state index in [2.05, 4.69) is 24.1 Å². The molecule has 1 atom stereocenters. The second kappa shape index (κ2) is 9.03. The molecule has 1 saturated heterocycles. The molecule has 1 unspecified atom stereocenters. The highest BCUT2D eigenvalue weighted by Gasteiger charge is 2.26. The Kier molecular flexibility index (Phi) is 6.50. The fraction of sp³-hybridized carbons (Fsp3) is 0.500. The molecule has 0 spiro atoms. The van der Waals surface area contributed by atoms with E-state index in [0.717, 1.165) is 60.8 Å². The maximum absolute atomic E-state index is 12.6. The molecule has 2 heterocycles. The average molecular weight is 374 g/mol. The van der Waals surface area contributed by atoms with Crippen molar-refractivity contribution in [3.63, 3.8) is 0 Å². The van der Waals surface area contributed by atoms with Crippen LogP contribution in [0, 0.1) is 6.92 Å². The molecular weight excluding hydrogens is 346 g/mol. The zero-order chi connectivity index (χ0) is 18.4. The van der Waals surface area contributed by atoms with Crippen molar-refractivity contribution < 1.29 is 9.53 Å². The first-order valence-electron chi connectivity index (χ1n) is 9.32. The molecule has 1 aliphatic rings. The third-order valence-electron chi connectivity index (χ3n) is 4.73. The second-order valence-electron chi connectivity index (χ2n) is 6.75. The molecule has 1 aromatic heterocycles. The number of urea groups is 1. The van der Waals surface area contributed by atoms with E-state index in [1.807, 2.05) is 34.7 Å². The summed E-state index contributed by atoms with van der Waals surface area (Å²) in [6, 6.07) is 6.06. The lowest BCUT2D eigenvalue weighted by Gasteiger charge is -2.32. The van der Waals surface area contributed by atoms with Crippen LogP contribution in [0.3, 0.4) is 0 Å². The first-order valence-corrected chi connectivity index (χ1v) is 10.2. The number of nitrogens with one attached hydrogen (secondary N) is 1. The summed E-state index contributed by atoms with van der Waals surface area (Å²) in [6.07, 6.45) is 4.97. The van der Waals surface area contributed by atoms with Crippen LogP contribution in [0.5, 0.6) is 5.75 Å². The molecule has 5 nitrogen and oxygen atoms in total. The number of hydrogen-bond acceptors (Lipinski definition) is 4. The van der Waals surface area contributed by atoms with Crippen molar-refractivity contribution in [1.82, 2.24) is 15.2 Å². The zero-order valence-corrected chi connectivity index (χ0v) is 16.3. The van der Waals surface area contributed by atoms with Gasteiger partial charge in [-0.15, -0.1) is 11.3 Å². The number of aryl methyl sites for hydroxylation is 1. The maximum Gasteiger partial charge on any atom is 0.317 e. The van der Waals surface area contributed by atoms with Gasteiger partial charge in [0.15, 0.2) is 0 Å². The molecule has 1 aromatic carbocycles. The predicted molar refractivity (Wildman–Crippen MR) is 105 cm³/mol. The predicted octanol–water partition coefficient (Wildman–Crippen LogP) is 4.33. The molecule has 1 fully saturated rings. The lowest BCUT2D eigenvalue weighted by Crippen LogP contribution is -2.44. The summed E-state index contributed by atoms with van der Waals surface area (Å²) in [5, 5.41) is 6.21. The normalized spacial score (nSPS) is 17.2. The van der Waals surface area contributed by atoms with Gasteiger partial charge in [-0.1, -0.05) is 13.0 Å². The number of carbonyl (C=O) groups is 1. The highest BCUT2D eigenvalue weighted by molar-refractivity contribution is 7.09. The molecule has 6 heteroatoms. The third kappa shape index (κ3) is 4.75. The van der Waals surface area contributed by atoms with Crippen LogP contribution in [-0.2, 0) is 6.54 Å². The maximum atomic E-state index is 12.6. The van der Waals surface area contributed by atoms with Crippen molar-refractivity contribution in [2.75, 3.05) is 19.7 Å². The summed E-state index contributed by atoms with van der Waals surface area (Å²) in [4.78, 5) is 18.9. The Morgan fingerprint density at radius 2 is 2.35 bits per heavy atom. The van der Waals surface area contributed by atoms with Crippen molar-refractivity contribution in [2.24, 2.45) is 0 Å². The largest absolute Gasteiger partial charge is 0.494 e. The number of thiazole rings is 1. The number of aromatic nitrogens is 1. The number of nitrogens with zero attached hydrogens (tertiary/aromatic N) is 2. The van der Waals surface area contributed by atoms with Crippen LogP contribution in [0.1, 0.15) is 48.2 Å². The number of piperidine rings is 1. The fourth-order valence-corrected chi connectivity index (χ4v) is 4.03. The summed E-state index contributed by atoms with van der Waals surface area (Å²) in [6.45, 7) is 6.98. The minimum absolute atomic E-state index is 0.0111. The minimum atomic E-state index is 0.0111. The molecule has 0 saturated carbocycles. The first kappa shape index (κ1) is 18.7. The van der Waals surface area contributed by atoms with E-state index in [1.165, 1.54) is 0 Å². The van der Waals surface area contributed by atoms with Gasteiger partial charge < -0.3 is 15.0 Å². The molecule has 2 amide bonds. The van der Waals surface area contributed by atoms with Crippen LogP contribution in [0.4, 0.5) is 4.79 Å². The molecule has 0 bridgehead atoms. The van der Waals surface area contributed by atoms with Crippen LogP contribution in [0.2, 0.25) is 0 Å². The number of ether oxygens (including phenoxy) is 1. The SMILES string of the molecule is CCCOc1ccc(CNC(=O)N2CCCC(c3nccs3)C2)c(C)c1. The zero-order valence-electron chi connectivity index (χ0n) is 15.5. The number of likely N-dealkylation sites (tertiary alicyclic amines) is 1. The van der Waals surface area contributed by atoms with Gasteiger partial charge in [-0.25, -0.2) is 9.78 Å². The number of amides is 2. The van der Waals surface area contributed by atoms with Crippen LogP contribution in [-0.4, -0.2) is 35.6 Å². The summed E-state index contributed by atoms with van der Waals surface area (Å²) in [7, 11) is 0. The summed E-state index contributed by atoms with van der Waals surface area (Å²) in [5.74, 6) is 1.26. The van der Waals surface area contributed by atoms with E-state index in [-0.39, 0.29) is 6.03 Å². The first-order chi connectivity index (χ1) is 12.7. The molecule has 2 aromatic rings. The molecule has 3 rings (SSSR count). The van der Waals surface area contributed by atoms with E-state index in [0.29, 0.717) is 12.5 Å². The molecule has 1 aliphatic heterocycles. The van der Waals surface area contributed by atoms with Crippen molar-refractivity contribution in [1.29, 1.82) is 0 Å². The van der Waals surface area contributed by atoms with Crippen molar-refractivity contribution in [3.05, 3.63) is 45.9 Å². The van der Waals surface area contributed by atoms with Gasteiger partial charge in [-0.2, -0.15) is 0 Å². The van der Waals surface area contributed by atoms with Crippen LogP contribution in [0.25, 0.3) is 0 Å². The number of hydrogen-bond donors (Lipinski definition) is 1. The summed E-state index contributed by atoms with van der Waals surface area (Å²) in [5.41, 5.74) is 2.26. The van der Waals surface area contributed by atoms with Gasteiger partial charge in [0.05, 0.1) is 11.6 Å². The van der Waals surface area contributed by atoms with Gasteiger partial charge in [-0.05, 0) is 49.4 Å². The Balaban J connectivity index is 1.53. The topological polar surface area (TPSA) is 54.5 Å². The smallest absolute Gasteiger partial charge is 0.317 e. The molecular formula is C20H27N3O2S. The van der Waals surface area contributed by atoms with E-state index >= 15 is 0 Å². The molecule has 140 valence electrons. The molecule has 0 radical (unpaired) electrons. The molecule has 26 heavy (non-hydrogen) atoms. The molecule has 1 N–H and O–H groups in total. The average Bonchev–Trinajstić information content (AvgIpc) is 3.20. The Labute approximate surface area is 159 Å². The van der Waals surface area contributed by atoms with Gasteiger partial charge in [-0.3, -0.25) is 0 Å². The van der Waals surface area contributed by atoms with Crippen molar-refractivity contribution in [3.8, 4) is 5.75 Å². The Bertz CT molecular complexity index is 718. The summed E-state index contributed by atoms with van der Waals surface area (Å²) >= 11 is 1.68. The van der Waals surface area contributed by atoms with Crippen LogP contribution in [0.15, 0.2) is 29.8 Å². The van der Waals surface area contributed by atoms with Crippen molar-refractivity contribution >= 4 is 17.4 Å². The number of benzene rings is 1. The third-order valence-corrected chi connectivity index (χ3v) is 5.66. The molecule has 0 aliphatic carbocycles. The quantitative estimate of drug-likeness (QED) is 0.820. The van der Waals surface area contributed by atoms with E-state index < -0.39 is 0 Å². The van der Waals surface area contributed by atoms with Gasteiger partial charge in [0, 0.05) is 37.1 Å². The van der Waals surface area contributed by atoms with Crippen molar-refractivity contribution in [2.45, 2.75) is 45.6 Å². The summed E-state index contributed by atoms with van der Waals surface area (Å²) < 4.78 is 5.66.